The molecule has 14 heavy (non-hydrogen) atoms. The third-order valence-corrected chi connectivity index (χ3v) is 1.76. The van der Waals surface area contributed by atoms with Gasteiger partial charge in [-0.2, -0.15) is 5.26 Å². The van der Waals surface area contributed by atoms with E-state index in [9.17, 15) is 0 Å². The first-order valence-electron chi connectivity index (χ1n) is 4.36. The van der Waals surface area contributed by atoms with Crippen molar-refractivity contribution in [1.29, 1.82) is 5.26 Å². The van der Waals surface area contributed by atoms with Crippen molar-refractivity contribution in [3.05, 3.63) is 29.6 Å². The molecule has 3 nitrogen and oxygen atoms in total. The largest absolute Gasteiger partial charge is 0.312 e. The molecule has 1 aromatic rings. The van der Waals surface area contributed by atoms with Gasteiger partial charge in [0.15, 0.2) is 0 Å². The second kappa shape index (κ2) is 5.75. The molecule has 3 heteroatoms. The van der Waals surface area contributed by atoms with E-state index in [2.05, 4.69) is 16.2 Å². The summed E-state index contributed by atoms with van der Waals surface area (Å²) in [5.74, 6) is 2.54. The van der Waals surface area contributed by atoms with Gasteiger partial charge in [0.1, 0.15) is 11.8 Å². The van der Waals surface area contributed by atoms with Crippen LogP contribution in [0.15, 0.2) is 18.3 Å². The molecule has 1 rings (SSSR count). The van der Waals surface area contributed by atoms with E-state index < -0.39 is 0 Å². The maximum atomic E-state index is 8.75. The Hall–Kier alpha value is -1.84. The summed E-state index contributed by atoms with van der Waals surface area (Å²) in [6, 6.07) is 5.75. The van der Waals surface area contributed by atoms with Crippen LogP contribution in [-0.4, -0.2) is 11.5 Å². The molecule has 1 N–H and O–H groups in total. The lowest BCUT2D eigenvalue weighted by molar-refractivity contribution is 0.698. The Morgan fingerprint density at radius 2 is 2.43 bits per heavy atom. The van der Waals surface area contributed by atoms with Crippen molar-refractivity contribution in [1.82, 2.24) is 10.3 Å². The highest BCUT2D eigenvalue weighted by Gasteiger charge is 2.00. The summed E-state index contributed by atoms with van der Waals surface area (Å²) < 4.78 is 0. The standard InChI is InChI=1S/C11H11N3/c1-2-3-6-13-9-10-5-4-7-14-11(10)8-12/h1,4-5,7,13H,3,6,9H2. The predicted molar refractivity (Wildman–Crippen MR) is 54.1 cm³/mol. The molecule has 0 amide bonds. The molecule has 0 radical (unpaired) electrons. The number of pyridine rings is 1. The summed E-state index contributed by atoms with van der Waals surface area (Å²) in [7, 11) is 0. The van der Waals surface area contributed by atoms with Crippen LogP contribution in [-0.2, 0) is 6.54 Å². The third-order valence-electron chi connectivity index (χ3n) is 1.76. The topological polar surface area (TPSA) is 48.7 Å². The Bertz CT molecular complexity index is 371. The van der Waals surface area contributed by atoms with E-state index in [-0.39, 0.29) is 0 Å². The van der Waals surface area contributed by atoms with Gasteiger partial charge in [-0.15, -0.1) is 12.3 Å². The van der Waals surface area contributed by atoms with Crippen LogP contribution in [0.4, 0.5) is 0 Å². The van der Waals surface area contributed by atoms with Gasteiger partial charge < -0.3 is 5.32 Å². The summed E-state index contributed by atoms with van der Waals surface area (Å²) >= 11 is 0. The molecule has 0 fully saturated rings. The van der Waals surface area contributed by atoms with Gasteiger partial charge in [-0.05, 0) is 6.07 Å². The Labute approximate surface area is 83.8 Å². The first-order chi connectivity index (χ1) is 6.88. The summed E-state index contributed by atoms with van der Waals surface area (Å²) in [6.07, 6.45) is 7.42. The molecule has 0 aliphatic rings. The Morgan fingerprint density at radius 1 is 1.57 bits per heavy atom. The Kier molecular flexibility index (Phi) is 4.20. The van der Waals surface area contributed by atoms with Crippen LogP contribution in [0, 0.1) is 23.7 Å². The fourth-order valence-electron chi connectivity index (χ4n) is 1.07. The van der Waals surface area contributed by atoms with Gasteiger partial charge in [-0.3, -0.25) is 0 Å². The maximum Gasteiger partial charge on any atom is 0.144 e. The smallest absolute Gasteiger partial charge is 0.144 e. The summed E-state index contributed by atoms with van der Waals surface area (Å²) in [5, 5.41) is 11.9. The van der Waals surface area contributed by atoms with Crippen molar-refractivity contribution in [2.24, 2.45) is 0 Å². The molecule has 0 atom stereocenters. The van der Waals surface area contributed by atoms with E-state index in [1.165, 1.54) is 0 Å². The van der Waals surface area contributed by atoms with Gasteiger partial charge in [0.05, 0.1) is 0 Å². The molecule has 0 aliphatic heterocycles. The van der Waals surface area contributed by atoms with E-state index in [1.54, 1.807) is 6.20 Å². The number of hydrogen-bond acceptors (Lipinski definition) is 3. The number of nitrogens with zero attached hydrogens (tertiary/aromatic N) is 2. The van der Waals surface area contributed by atoms with Crippen LogP contribution < -0.4 is 5.32 Å². The van der Waals surface area contributed by atoms with Gasteiger partial charge >= 0.3 is 0 Å². The number of aromatic nitrogens is 1. The van der Waals surface area contributed by atoms with Gasteiger partial charge in [-0.25, -0.2) is 4.98 Å². The van der Waals surface area contributed by atoms with Gasteiger partial charge in [0.25, 0.3) is 0 Å². The SMILES string of the molecule is C#CCCNCc1cccnc1C#N. The third kappa shape index (κ3) is 2.90. The Balaban J connectivity index is 2.51. The second-order valence-electron chi connectivity index (χ2n) is 2.75. The van der Waals surface area contributed by atoms with Gasteiger partial charge in [-0.1, -0.05) is 6.07 Å². The fourth-order valence-corrected chi connectivity index (χ4v) is 1.07. The zero-order chi connectivity index (χ0) is 10.2. The minimum absolute atomic E-state index is 0.473. The molecule has 70 valence electrons. The second-order valence-corrected chi connectivity index (χ2v) is 2.75. The molecule has 1 heterocycles. The number of rotatable bonds is 4. The van der Waals surface area contributed by atoms with Crippen LogP contribution in [0.25, 0.3) is 0 Å². The zero-order valence-corrected chi connectivity index (χ0v) is 7.83. The van der Waals surface area contributed by atoms with Gasteiger partial charge in [0, 0.05) is 31.3 Å². The lowest BCUT2D eigenvalue weighted by atomic mass is 10.2. The number of hydrogen-bond donors (Lipinski definition) is 1. The van der Waals surface area contributed by atoms with Crippen molar-refractivity contribution in [2.45, 2.75) is 13.0 Å². The van der Waals surface area contributed by atoms with Crippen LogP contribution >= 0.6 is 0 Å². The van der Waals surface area contributed by atoms with E-state index >= 15 is 0 Å². The maximum absolute atomic E-state index is 8.75. The molecule has 0 saturated heterocycles. The molecule has 0 aliphatic carbocycles. The monoisotopic (exact) mass is 185 g/mol. The highest BCUT2D eigenvalue weighted by Crippen LogP contribution is 2.02. The van der Waals surface area contributed by atoms with Gasteiger partial charge in [0.2, 0.25) is 0 Å². The van der Waals surface area contributed by atoms with Crippen molar-refractivity contribution < 1.29 is 0 Å². The molecule has 0 spiro atoms. The number of terminal acetylenes is 1. The van der Waals surface area contributed by atoms with Crippen LogP contribution in [0.1, 0.15) is 17.7 Å². The van der Waals surface area contributed by atoms with Crippen LogP contribution in [0.5, 0.6) is 0 Å². The zero-order valence-electron chi connectivity index (χ0n) is 7.83. The minimum atomic E-state index is 0.473. The van der Waals surface area contributed by atoms with E-state index in [0.29, 0.717) is 18.7 Å². The lowest BCUT2D eigenvalue weighted by Crippen LogP contribution is -2.15. The Morgan fingerprint density at radius 3 is 3.14 bits per heavy atom. The average Bonchev–Trinajstić information content (AvgIpc) is 2.25. The van der Waals surface area contributed by atoms with Crippen molar-refractivity contribution in [3.63, 3.8) is 0 Å². The molecular formula is C11H11N3. The highest BCUT2D eigenvalue weighted by molar-refractivity contribution is 5.30. The lowest BCUT2D eigenvalue weighted by Gasteiger charge is -2.03. The molecule has 1 aromatic heterocycles. The molecular weight excluding hydrogens is 174 g/mol. The molecule has 0 bridgehead atoms. The first kappa shape index (κ1) is 10.2. The van der Waals surface area contributed by atoms with Crippen molar-refractivity contribution in [2.75, 3.05) is 6.54 Å². The van der Waals surface area contributed by atoms with Crippen LogP contribution in [0.3, 0.4) is 0 Å². The minimum Gasteiger partial charge on any atom is -0.312 e. The number of nitriles is 1. The van der Waals surface area contributed by atoms with Crippen LogP contribution in [0.2, 0.25) is 0 Å². The van der Waals surface area contributed by atoms with E-state index in [1.807, 2.05) is 18.2 Å². The van der Waals surface area contributed by atoms with E-state index in [0.717, 1.165) is 12.1 Å². The molecule has 0 unspecified atom stereocenters. The highest BCUT2D eigenvalue weighted by atomic mass is 14.8. The van der Waals surface area contributed by atoms with Crippen molar-refractivity contribution >= 4 is 0 Å². The quantitative estimate of drug-likeness (QED) is 0.563. The molecule has 0 aromatic carbocycles. The summed E-state index contributed by atoms with van der Waals surface area (Å²) in [4.78, 5) is 3.95. The van der Waals surface area contributed by atoms with E-state index in [4.69, 9.17) is 11.7 Å². The fraction of sp³-hybridized carbons (Fsp3) is 0.273. The van der Waals surface area contributed by atoms with Crippen molar-refractivity contribution in [3.8, 4) is 18.4 Å². The summed E-state index contributed by atoms with van der Waals surface area (Å²) in [5.41, 5.74) is 1.38. The normalized spacial score (nSPS) is 9.00. The first-order valence-corrected chi connectivity index (χ1v) is 4.36. The molecule has 0 saturated carbocycles. The number of nitrogens with one attached hydrogen (secondary N) is 1. The predicted octanol–water partition coefficient (Wildman–Crippen LogP) is 1.07. The average molecular weight is 185 g/mol. The summed E-state index contributed by atoms with van der Waals surface area (Å²) in [6.45, 7) is 1.40.